The second-order valence-electron chi connectivity index (χ2n) is 6.61. The number of aromatic nitrogens is 2. The van der Waals surface area contributed by atoms with Gasteiger partial charge < -0.3 is 9.73 Å². The van der Waals surface area contributed by atoms with Gasteiger partial charge in [-0.25, -0.2) is 9.97 Å². The van der Waals surface area contributed by atoms with Crippen molar-refractivity contribution >= 4 is 45.6 Å². The summed E-state index contributed by atoms with van der Waals surface area (Å²) >= 11 is 7.54. The number of benzene rings is 3. The Morgan fingerprint density at radius 1 is 0.967 bits per heavy atom. The molecule has 0 fully saturated rings. The fraction of sp³-hybridized carbons (Fsp3) is 0. The number of oxazole rings is 1. The highest BCUT2D eigenvalue weighted by molar-refractivity contribution is 7.13. The van der Waals surface area contributed by atoms with Crippen molar-refractivity contribution in [1.29, 1.82) is 0 Å². The molecular weight excluding hydrogens is 418 g/mol. The molecule has 1 N–H and O–H groups in total. The van der Waals surface area contributed by atoms with Gasteiger partial charge in [-0.1, -0.05) is 35.9 Å². The summed E-state index contributed by atoms with van der Waals surface area (Å²) in [4.78, 5) is 21.3. The van der Waals surface area contributed by atoms with E-state index in [4.69, 9.17) is 21.0 Å². The predicted molar refractivity (Wildman–Crippen MR) is 120 cm³/mol. The van der Waals surface area contributed by atoms with Gasteiger partial charge in [-0.05, 0) is 42.5 Å². The number of thiazole rings is 1. The molecule has 0 bridgehead atoms. The molecule has 0 aliphatic heterocycles. The van der Waals surface area contributed by atoms with E-state index in [-0.39, 0.29) is 5.91 Å². The number of rotatable bonds is 4. The molecule has 0 spiro atoms. The first kappa shape index (κ1) is 18.5. The van der Waals surface area contributed by atoms with Crippen molar-refractivity contribution in [2.24, 2.45) is 0 Å². The summed E-state index contributed by atoms with van der Waals surface area (Å²) in [5.74, 6) is -0.202. The summed E-state index contributed by atoms with van der Waals surface area (Å²) in [5, 5.41) is 6.56. The summed E-state index contributed by atoms with van der Waals surface area (Å²) < 4.78 is 5.21. The van der Waals surface area contributed by atoms with Crippen molar-refractivity contribution in [3.8, 4) is 21.8 Å². The average Bonchev–Trinajstić information content (AvgIpc) is 3.44. The van der Waals surface area contributed by atoms with Crippen LogP contribution in [-0.2, 0) is 0 Å². The molecular formula is C23H14ClN3O2S. The van der Waals surface area contributed by atoms with Gasteiger partial charge in [0.1, 0.15) is 10.5 Å². The predicted octanol–water partition coefficient (Wildman–Crippen LogP) is 6.52. The van der Waals surface area contributed by atoms with Crippen LogP contribution in [0.1, 0.15) is 10.4 Å². The zero-order valence-electron chi connectivity index (χ0n) is 15.5. The topological polar surface area (TPSA) is 68.0 Å². The van der Waals surface area contributed by atoms with E-state index in [2.05, 4.69) is 10.3 Å². The lowest BCUT2D eigenvalue weighted by atomic mass is 10.1. The highest BCUT2D eigenvalue weighted by atomic mass is 35.5. The first-order chi connectivity index (χ1) is 14.7. The number of carbonyl (C=O) groups excluding carboxylic acids is 1. The van der Waals surface area contributed by atoms with Crippen molar-refractivity contribution in [1.82, 2.24) is 9.97 Å². The standard InChI is InChI=1S/C23H14ClN3O2S/c24-17-6-1-15(2-7-17)23-27-20(12-30-23)14-3-8-18(9-4-14)26-22(28)16-5-10-21-19(11-16)25-13-29-21/h1-13H,(H,26,28). The van der Waals surface area contributed by atoms with Crippen molar-refractivity contribution < 1.29 is 9.21 Å². The maximum absolute atomic E-state index is 12.5. The number of halogens is 1. The van der Waals surface area contributed by atoms with Crippen molar-refractivity contribution in [2.75, 3.05) is 5.32 Å². The highest BCUT2D eigenvalue weighted by Gasteiger charge is 2.10. The summed E-state index contributed by atoms with van der Waals surface area (Å²) in [6.45, 7) is 0. The summed E-state index contributed by atoms with van der Waals surface area (Å²) in [7, 11) is 0. The van der Waals surface area contributed by atoms with Crippen LogP contribution in [-0.4, -0.2) is 15.9 Å². The molecule has 0 radical (unpaired) electrons. The molecule has 2 heterocycles. The monoisotopic (exact) mass is 431 g/mol. The van der Waals surface area contributed by atoms with Crippen LogP contribution < -0.4 is 5.32 Å². The second kappa shape index (κ2) is 7.74. The first-order valence-corrected chi connectivity index (χ1v) is 10.4. The Balaban J connectivity index is 1.31. The number of nitrogens with one attached hydrogen (secondary N) is 1. The highest BCUT2D eigenvalue weighted by Crippen LogP contribution is 2.30. The third kappa shape index (κ3) is 3.70. The van der Waals surface area contributed by atoms with Crippen LogP contribution in [0.5, 0.6) is 0 Å². The van der Waals surface area contributed by atoms with Crippen LogP contribution >= 0.6 is 22.9 Å². The van der Waals surface area contributed by atoms with Crippen molar-refractivity contribution in [3.05, 3.63) is 89.1 Å². The minimum Gasteiger partial charge on any atom is -0.443 e. The molecule has 146 valence electrons. The lowest BCUT2D eigenvalue weighted by Gasteiger charge is -2.06. The Labute approximate surface area is 181 Å². The molecule has 3 aromatic carbocycles. The number of hydrogen-bond acceptors (Lipinski definition) is 5. The number of fused-ring (bicyclic) bond motifs is 1. The Hall–Kier alpha value is -3.48. The smallest absolute Gasteiger partial charge is 0.255 e. The molecule has 0 saturated heterocycles. The van der Waals surface area contributed by atoms with Gasteiger partial charge in [0.2, 0.25) is 0 Å². The molecule has 2 aromatic heterocycles. The van der Waals surface area contributed by atoms with Crippen LogP contribution in [0.15, 0.2) is 82.9 Å². The van der Waals surface area contributed by atoms with Crippen molar-refractivity contribution in [2.45, 2.75) is 0 Å². The summed E-state index contributed by atoms with van der Waals surface area (Å²) in [6.07, 6.45) is 1.36. The molecule has 5 rings (SSSR count). The molecule has 5 nitrogen and oxygen atoms in total. The fourth-order valence-electron chi connectivity index (χ4n) is 3.06. The minimum atomic E-state index is -0.202. The van der Waals surface area contributed by atoms with Gasteiger partial charge in [0.25, 0.3) is 5.91 Å². The van der Waals surface area contributed by atoms with Gasteiger partial charge in [-0.3, -0.25) is 4.79 Å². The normalized spacial score (nSPS) is 11.0. The van der Waals surface area contributed by atoms with Gasteiger partial charge in [-0.2, -0.15) is 0 Å². The second-order valence-corrected chi connectivity index (χ2v) is 7.91. The zero-order valence-corrected chi connectivity index (χ0v) is 17.1. The Morgan fingerprint density at radius 3 is 2.53 bits per heavy atom. The van der Waals surface area contributed by atoms with E-state index in [1.54, 1.807) is 29.5 Å². The molecule has 1 amide bonds. The maximum Gasteiger partial charge on any atom is 0.255 e. The Bertz CT molecular complexity index is 1340. The molecule has 0 aliphatic rings. The Morgan fingerprint density at radius 2 is 1.73 bits per heavy atom. The van der Waals surface area contributed by atoms with Crippen LogP contribution in [0.2, 0.25) is 5.02 Å². The van der Waals surface area contributed by atoms with Gasteiger partial charge >= 0.3 is 0 Å². The molecule has 0 saturated carbocycles. The zero-order chi connectivity index (χ0) is 20.5. The van der Waals surface area contributed by atoms with Crippen LogP contribution in [0, 0.1) is 0 Å². The third-order valence-electron chi connectivity index (χ3n) is 4.63. The van der Waals surface area contributed by atoms with Crippen LogP contribution in [0.4, 0.5) is 5.69 Å². The van der Waals surface area contributed by atoms with Crippen LogP contribution in [0.25, 0.3) is 32.9 Å². The van der Waals surface area contributed by atoms with E-state index in [1.807, 2.05) is 53.9 Å². The van der Waals surface area contributed by atoms with E-state index < -0.39 is 0 Å². The largest absolute Gasteiger partial charge is 0.443 e. The number of carbonyl (C=O) groups is 1. The minimum absolute atomic E-state index is 0.202. The molecule has 0 aliphatic carbocycles. The number of nitrogens with zero attached hydrogens (tertiary/aromatic N) is 2. The molecule has 0 unspecified atom stereocenters. The van der Waals surface area contributed by atoms with Gasteiger partial charge in [0, 0.05) is 32.8 Å². The number of amides is 1. The molecule has 0 atom stereocenters. The summed E-state index contributed by atoms with van der Waals surface area (Å²) in [6, 6.07) is 20.4. The van der Waals surface area contributed by atoms with E-state index >= 15 is 0 Å². The fourth-order valence-corrected chi connectivity index (χ4v) is 4.02. The lowest BCUT2D eigenvalue weighted by molar-refractivity contribution is 0.102. The van der Waals surface area contributed by atoms with Crippen LogP contribution in [0.3, 0.4) is 0 Å². The first-order valence-electron chi connectivity index (χ1n) is 9.12. The van der Waals surface area contributed by atoms with Gasteiger partial charge in [0.05, 0.1) is 5.69 Å². The number of anilines is 1. The molecule has 5 aromatic rings. The maximum atomic E-state index is 12.5. The SMILES string of the molecule is O=C(Nc1ccc(-c2csc(-c3ccc(Cl)cc3)n2)cc1)c1ccc2ocnc2c1. The molecule has 30 heavy (non-hydrogen) atoms. The number of hydrogen-bond donors (Lipinski definition) is 1. The van der Waals surface area contributed by atoms with E-state index in [0.29, 0.717) is 27.4 Å². The summed E-state index contributed by atoms with van der Waals surface area (Å²) in [5.41, 5.74) is 5.43. The average molecular weight is 432 g/mol. The van der Waals surface area contributed by atoms with Gasteiger partial charge in [-0.15, -0.1) is 11.3 Å². The van der Waals surface area contributed by atoms with Gasteiger partial charge in [0.15, 0.2) is 12.0 Å². The third-order valence-corrected chi connectivity index (χ3v) is 5.77. The quantitative estimate of drug-likeness (QED) is 0.351. The Kier molecular flexibility index (Phi) is 4.78. The van der Waals surface area contributed by atoms with Crippen molar-refractivity contribution in [3.63, 3.8) is 0 Å². The van der Waals surface area contributed by atoms with E-state index in [1.165, 1.54) is 6.39 Å². The lowest BCUT2D eigenvalue weighted by Crippen LogP contribution is -2.11. The van der Waals surface area contributed by atoms with E-state index in [9.17, 15) is 4.79 Å². The molecule has 7 heteroatoms. The van der Waals surface area contributed by atoms with E-state index in [0.717, 1.165) is 21.8 Å².